The van der Waals surface area contributed by atoms with Gasteiger partial charge in [-0.05, 0) is 42.8 Å². The molecule has 0 aliphatic heterocycles. The summed E-state index contributed by atoms with van der Waals surface area (Å²) in [6.07, 6.45) is 1.82. The van der Waals surface area contributed by atoms with Crippen LogP contribution in [0, 0.1) is 6.92 Å². The van der Waals surface area contributed by atoms with Crippen molar-refractivity contribution in [2.45, 2.75) is 32.7 Å². The van der Waals surface area contributed by atoms with Crippen LogP contribution in [0.15, 0.2) is 35.7 Å². The van der Waals surface area contributed by atoms with Gasteiger partial charge in [-0.1, -0.05) is 24.3 Å². The minimum absolute atomic E-state index is 0.154. The Morgan fingerprint density at radius 1 is 1.26 bits per heavy atom. The Balaban J connectivity index is 2.01. The Morgan fingerprint density at radius 3 is 2.79 bits per heavy atom. The van der Waals surface area contributed by atoms with Crippen LogP contribution in [0.3, 0.4) is 0 Å². The van der Waals surface area contributed by atoms with Crippen molar-refractivity contribution in [2.75, 3.05) is 6.61 Å². The molecule has 1 aromatic heterocycles. The SMILES string of the molecule is Cc1cccc(CC(C)N)c1OCCc1cccs1. The van der Waals surface area contributed by atoms with Crippen molar-refractivity contribution < 1.29 is 4.74 Å². The van der Waals surface area contributed by atoms with Crippen molar-refractivity contribution in [2.24, 2.45) is 5.73 Å². The number of ether oxygens (including phenoxy) is 1. The van der Waals surface area contributed by atoms with E-state index in [2.05, 4.69) is 42.6 Å². The van der Waals surface area contributed by atoms with Gasteiger partial charge in [0.15, 0.2) is 0 Å². The maximum absolute atomic E-state index is 5.99. The Labute approximate surface area is 119 Å². The van der Waals surface area contributed by atoms with E-state index in [1.54, 1.807) is 11.3 Å². The number of para-hydroxylation sites is 1. The van der Waals surface area contributed by atoms with Crippen LogP contribution in [0.2, 0.25) is 0 Å². The molecule has 1 heterocycles. The molecule has 102 valence electrons. The number of aryl methyl sites for hydroxylation is 1. The molecule has 0 fully saturated rings. The number of rotatable bonds is 6. The van der Waals surface area contributed by atoms with E-state index >= 15 is 0 Å². The number of thiophene rings is 1. The fourth-order valence-electron chi connectivity index (χ4n) is 2.14. The molecule has 1 aromatic carbocycles. The highest BCUT2D eigenvalue weighted by Crippen LogP contribution is 2.25. The number of hydrogen-bond acceptors (Lipinski definition) is 3. The third-order valence-electron chi connectivity index (χ3n) is 3.01. The van der Waals surface area contributed by atoms with E-state index in [-0.39, 0.29) is 6.04 Å². The Hall–Kier alpha value is -1.32. The monoisotopic (exact) mass is 275 g/mol. The second-order valence-corrected chi connectivity index (χ2v) is 5.95. The summed E-state index contributed by atoms with van der Waals surface area (Å²) in [5, 5.41) is 2.10. The first kappa shape index (κ1) is 14.1. The minimum Gasteiger partial charge on any atom is -0.493 e. The van der Waals surface area contributed by atoms with Crippen molar-refractivity contribution in [3.63, 3.8) is 0 Å². The van der Waals surface area contributed by atoms with Gasteiger partial charge >= 0.3 is 0 Å². The van der Waals surface area contributed by atoms with Gasteiger partial charge in [-0.2, -0.15) is 0 Å². The van der Waals surface area contributed by atoms with E-state index < -0.39 is 0 Å². The van der Waals surface area contributed by atoms with Gasteiger partial charge in [-0.15, -0.1) is 11.3 Å². The van der Waals surface area contributed by atoms with Crippen LogP contribution in [0.25, 0.3) is 0 Å². The second-order valence-electron chi connectivity index (χ2n) is 4.92. The molecular formula is C16H21NOS. The normalized spacial score (nSPS) is 12.4. The Bertz CT molecular complexity index is 505. The molecule has 2 rings (SSSR count). The van der Waals surface area contributed by atoms with Crippen LogP contribution in [0.1, 0.15) is 22.9 Å². The number of hydrogen-bond donors (Lipinski definition) is 1. The van der Waals surface area contributed by atoms with Crippen LogP contribution >= 0.6 is 11.3 Å². The van der Waals surface area contributed by atoms with Gasteiger partial charge in [0.1, 0.15) is 5.75 Å². The first-order chi connectivity index (χ1) is 9.16. The fourth-order valence-corrected chi connectivity index (χ4v) is 2.83. The molecular weight excluding hydrogens is 254 g/mol. The van der Waals surface area contributed by atoms with Crippen LogP contribution in [-0.4, -0.2) is 12.6 Å². The number of nitrogens with two attached hydrogens (primary N) is 1. The summed E-state index contributed by atoms with van der Waals surface area (Å²) >= 11 is 1.78. The lowest BCUT2D eigenvalue weighted by atomic mass is 10.0. The van der Waals surface area contributed by atoms with Gasteiger partial charge in [0.05, 0.1) is 6.61 Å². The first-order valence-corrected chi connectivity index (χ1v) is 7.54. The minimum atomic E-state index is 0.154. The lowest BCUT2D eigenvalue weighted by Gasteiger charge is -2.15. The molecule has 19 heavy (non-hydrogen) atoms. The summed E-state index contributed by atoms with van der Waals surface area (Å²) in [7, 11) is 0. The molecule has 2 aromatic rings. The summed E-state index contributed by atoms with van der Waals surface area (Å²) in [6, 6.07) is 10.6. The molecule has 0 radical (unpaired) electrons. The summed E-state index contributed by atoms with van der Waals surface area (Å²) < 4.78 is 5.99. The zero-order chi connectivity index (χ0) is 13.7. The molecule has 0 saturated heterocycles. The van der Waals surface area contributed by atoms with E-state index in [9.17, 15) is 0 Å². The van der Waals surface area contributed by atoms with Crippen molar-refractivity contribution in [3.05, 3.63) is 51.7 Å². The molecule has 1 unspecified atom stereocenters. The van der Waals surface area contributed by atoms with Crippen molar-refractivity contribution >= 4 is 11.3 Å². The van der Waals surface area contributed by atoms with Gasteiger partial charge in [0, 0.05) is 17.3 Å². The fraction of sp³-hybridized carbons (Fsp3) is 0.375. The van der Waals surface area contributed by atoms with Gasteiger partial charge < -0.3 is 10.5 Å². The molecule has 3 heteroatoms. The summed E-state index contributed by atoms with van der Waals surface area (Å²) in [5.74, 6) is 1.01. The third-order valence-corrected chi connectivity index (χ3v) is 3.95. The van der Waals surface area contributed by atoms with E-state index in [1.165, 1.54) is 16.0 Å². The zero-order valence-corrected chi connectivity index (χ0v) is 12.4. The van der Waals surface area contributed by atoms with Crippen LogP contribution in [0.5, 0.6) is 5.75 Å². The maximum Gasteiger partial charge on any atom is 0.125 e. The number of benzene rings is 1. The smallest absolute Gasteiger partial charge is 0.125 e. The Morgan fingerprint density at radius 2 is 2.11 bits per heavy atom. The molecule has 0 aliphatic rings. The molecule has 2 N–H and O–H groups in total. The lowest BCUT2D eigenvalue weighted by molar-refractivity contribution is 0.317. The highest BCUT2D eigenvalue weighted by Gasteiger charge is 2.09. The lowest BCUT2D eigenvalue weighted by Crippen LogP contribution is -2.18. The molecule has 0 spiro atoms. The standard InChI is InChI=1S/C16H21NOS/c1-12-5-3-6-14(11-13(2)17)16(12)18-9-8-15-7-4-10-19-15/h3-7,10,13H,8-9,11,17H2,1-2H3. The predicted molar refractivity (Wildman–Crippen MR) is 82.1 cm³/mol. The average Bonchev–Trinajstić information content (AvgIpc) is 2.85. The maximum atomic E-state index is 5.99. The van der Waals surface area contributed by atoms with E-state index in [0.717, 1.165) is 25.2 Å². The summed E-state index contributed by atoms with van der Waals surface area (Å²) in [4.78, 5) is 1.36. The average molecular weight is 275 g/mol. The van der Waals surface area contributed by atoms with Gasteiger partial charge in [-0.3, -0.25) is 0 Å². The van der Waals surface area contributed by atoms with E-state index in [1.807, 2.05) is 6.92 Å². The van der Waals surface area contributed by atoms with Gasteiger partial charge in [0.25, 0.3) is 0 Å². The predicted octanol–water partition coefficient (Wildman–Crippen LogP) is 3.57. The molecule has 1 atom stereocenters. The molecule has 0 aliphatic carbocycles. The third kappa shape index (κ3) is 4.08. The summed E-state index contributed by atoms with van der Waals surface area (Å²) in [6.45, 7) is 4.83. The van der Waals surface area contributed by atoms with E-state index in [4.69, 9.17) is 10.5 Å². The van der Waals surface area contributed by atoms with E-state index in [0.29, 0.717) is 0 Å². The second kappa shape index (κ2) is 6.73. The molecule has 0 bridgehead atoms. The first-order valence-electron chi connectivity index (χ1n) is 6.66. The van der Waals surface area contributed by atoms with Gasteiger partial charge in [0.2, 0.25) is 0 Å². The Kier molecular flexibility index (Phi) is 5.00. The molecule has 2 nitrogen and oxygen atoms in total. The zero-order valence-electron chi connectivity index (χ0n) is 11.6. The van der Waals surface area contributed by atoms with Crippen LogP contribution in [-0.2, 0) is 12.8 Å². The van der Waals surface area contributed by atoms with Crippen LogP contribution in [0.4, 0.5) is 0 Å². The van der Waals surface area contributed by atoms with Crippen molar-refractivity contribution in [1.82, 2.24) is 0 Å². The van der Waals surface area contributed by atoms with Crippen LogP contribution < -0.4 is 10.5 Å². The summed E-state index contributed by atoms with van der Waals surface area (Å²) in [5.41, 5.74) is 8.29. The largest absolute Gasteiger partial charge is 0.493 e. The topological polar surface area (TPSA) is 35.2 Å². The van der Waals surface area contributed by atoms with Crippen molar-refractivity contribution in [3.8, 4) is 5.75 Å². The highest BCUT2D eigenvalue weighted by atomic mass is 32.1. The quantitative estimate of drug-likeness (QED) is 0.874. The van der Waals surface area contributed by atoms with Crippen molar-refractivity contribution in [1.29, 1.82) is 0 Å². The molecule has 0 saturated carbocycles. The highest BCUT2D eigenvalue weighted by molar-refractivity contribution is 7.09. The van der Waals surface area contributed by atoms with Gasteiger partial charge in [-0.25, -0.2) is 0 Å². The molecule has 0 amide bonds.